The molecule has 0 heterocycles. The fourth-order valence-corrected chi connectivity index (χ4v) is 2.17. The van der Waals surface area contributed by atoms with Crippen molar-refractivity contribution < 1.29 is 19.5 Å². The fraction of sp³-hybridized carbons (Fsp3) is 0.385. The quantitative estimate of drug-likeness (QED) is 0.778. The third kappa shape index (κ3) is 3.07. The number of hydroxylamine groups is 1. The molecule has 0 saturated carbocycles. The number of carbonyl (C=O) groups excluding carboxylic acids is 1. The summed E-state index contributed by atoms with van der Waals surface area (Å²) < 4.78 is 0. The molecule has 2 rings (SSSR count). The molecule has 0 bridgehead atoms. The Balaban J connectivity index is 1.88. The first-order valence-electron chi connectivity index (χ1n) is 5.87. The molecule has 0 saturated heterocycles. The second-order valence-corrected chi connectivity index (χ2v) is 4.36. The van der Waals surface area contributed by atoms with Crippen LogP contribution < -0.4 is 5.48 Å². The Morgan fingerprint density at radius 1 is 1.33 bits per heavy atom. The third-order valence-corrected chi connectivity index (χ3v) is 3.09. The zero-order chi connectivity index (χ0) is 13.0. The molecule has 0 aliphatic heterocycles. The van der Waals surface area contributed by atoms with Crippen molar-refractivity contribution in [1.29, 1.82) is 0 Å². The zero-order valence-corrected chi connectivity index (χ0v) is 9.89. The van der Waals surface area contributed by atoms with Crippen molar-refractivity contribution in [1.82, 2.24) is 5.48 Å². The minimum Gasteiger partial charge on any atom is -0.479 e. The normalized spacial score (nSPS) is 17.9. The summed E-state index contributed by atoms with van der Waals surface area (Å²) in [5, 5.41) is 8.39. The molecule has 0 spiro atoms. The van der Waals surface area contributed by atoms with Crippen LogP contribution in [0.15, 0.2) is 24.3 Å². The Morgan fingerprint density at radius 2 is 2.06 bits per heavy atom. The average molecular weight is 249 g/mol. The summed E-state index contributed by atoms with van der Waals surface area (Å²) in [5.41, 5.74) is 4.66. The van der Waals surface area contributed by atoms with Gasteiger partial charge in [0.2, 0.25) is 5.91 Å². The Morgan fingerprint density at radius 3 is 2.78 bits per heavy atom. The molecule has 0 radical (unpaired) electrons. The van der Waals surface area contributed by atoms with Gasteiger partial charge in [-0.2, -0.15) is 0 Å². The predicted molar refractivity (Wildman–Crippen MR) is 63.7 cm³/mol. The molecule has 18 heavy (non-hydrogen) atoms. The van der Waals surface area contributed by atoms with Gasteiger partial charge in [-0.05, 0) is 30.4 Å². The number of nitrogens with one attached hydrogen (secondary N) is 1. The lowest BCUT2D eigenvalue weighted by atomic mass is 9.83. The first-order valence-corrected chi connectivity index (χ1v) is 5.87. The minimum atomic E-state index is -1.11. The number of carbonyl (C=O) groups is 2. The average Bonchev–Trinajstić information content (AvgIpc) is 2.37. The van der Waals surface area contributed by atoms with E-state index >= 15 is 0 Å². The Hall–Kier alpha value is -1.88. The van der Waals surface area contributed by atoms with Crippen molar-refractivity contribution in [3.63, 3.8) is 0 Å². The van der Waals surface area contributed by atoms with Crippen molar-refractivity contribution in [2.75, 3.05) is 6.61 Å². The summed E-state index contributed by atoms with van der Waals surface area (Å²) in [6, 6.07) is 8.05. The smallest absolute Gasteiger partial charge is 0.332 e. The van der Waals surface area contributed by atoms with Crippen molar-refractivity contribution >= 4 is 11.9 Å². The van der Waals surface area contributed by atoms with E-state index in [1.165, 1.54) is 11.1 Å². The molecule has 1 amide bonds. The Kier molecular flexibility index (Phi) is 3.94. The van der Waals surface area contributed by atoms with Crippen LogP contribution in [0.3, 0.4) is 0 Å². The fourth-order valence-electron chi connectivity index (χ4n) is 2.17. The molecular formula is C13H15NO4. The van der Waals surface area contributed by atoms with Crippen molar-refractivity contribution in [2.45, 2.75) is 19.3 Å². The highest BCUT2D eigenvalue weighted by atomic mass is 16.7. The molecule has 1 aliphatic carbocycles. The van der Waals surface area contributed by atoms with E-state index in [2.05, 4.69) is 16.4 Å². The van der Waals surface area contributed by atoms with Gasteiger partial charge in [-0.15, -0.1) is 0 Å². The molecule has 1 aromatic carbocycles. The van der Waals surface area contributed by atoms with E-state index < -0.39 is 12.6 Å². The van der Waals surface area contributed by atoms with Gasteiger partial charge in [0.15, 0.2) is 6.61 Å². The molecule has 1 atom stereocenters. The topological polar surface area (TPSA) is 75.6 Å². The van der Waals surface area contributed by atoms with Crippen LogP contribution in [0.4, 0.5) is 0 Å². The summed E-state index contributed by atoms with van der Waals surface area (Å²) in [6.45, 7) is -0.519. The van der Waals surface area contributed by atoms with Crippen molar-refractivity contribution in [3.05, 3.63) is 35.4 Å². The molecular weight excluding hydrogens is 234 g/mol. The number of hydrogen-bond donors (Lipinski definition) is 2. The Bertz CT molecular complexity index is 458. The van der Waals surface area contributed by atoms with Crippen LogP contribution in [0.2, 0.25) is 0 Å². The second-order valence-electron chi connectivity index (χ2n) is 4.36. The number of aryl methyl sites for hydroxylation is 1. The second kappa shape index (κ2) is 5.64. The van der Waals surface area contributed by atoms with Gasteiger partial charge in [0.05, 0.1) is 0 Å². The standard InChI is InChI=1S/C13H15NO4/c15-12(16)8-18-14-13(17)11-6-5-9-3-1-2-4-10(9)7-11/h1-4,11H,5-8H2,(H,14,17)(H,15,16). The third-order valence-electron chi connectivity index (χ3n) is 3.09. The van der Waals surface area contributed by atoms with Crippen molar-refractivity contribution in [3.8, 4) is 0 Å². The number of carboxylic acid groups (broad SMARTS) is 1. The first-order chi connectivity index (χ1) is 8.66. The molecule has 1 unspecified atom stereocenters. The van der Waals surface area contributed by atoms with Gasteiger partial charge in [0, 0.05) is 5.92 Å². The van der Waals surface area contributed by atoms with Gasteiger partial charge >= 0.3 is 5.97 Å². The van der Waals surface area contributed by atoms with Crippen LogP contribution in [-0.4, -0.2) is 23.6 Å². The molecule has 5 heteroatoms. The largest absolute Gasteiger partial charge is 0.479 e. The number of carboxylic acids is 1. The van der Waals surface area contributed by atoms with Crippen LogP contribution in [0.5, 0.6) is 0 Å². The number of amides is 1. The highest BCUT2D eigenvalue weighted by molar-refractivity contribution is 5.78. The summed E-state index contributed by atoms with van der Waals surface area (Å²) >= 11 is 0. The van der Waals surface area contributed by atoms with Crippen LogP contribution in [-0.2, 0) is 27.3 Å². The predicted octanol–water partition coefficient (Wildman–Crippen LogP) is 0.924. The molecule has 5 nitrogen and oxygen atoms in total. The molecule has 96 valence electrons. The minimum absolute atomic E-state index is 0.145. The maximum absolute atomic E-state index is 11.8. The first kappa shape index (κ1) is 12.6. The van der Waals surface area contributed by atoms with Gasteiger partial charge in [-0.25, -0.2) is 10.3 Å². The molecule has 1 aliphatic rings. The number of hydrogen-bond acceptors (Lipinski definition) is 3. The van der Waals surface area contributed by atoms with E-state index in [9.17, 15) is 9.59 Å². The van der Waals surface area contributed by atoms with Gasteiger partial charge < -0.3 is 5.11 Å². The summed E-state index contributed by atoms with van der Waals surface area (Å²) in [5.74, 6) is -1.50. The maximum atomic E-state index is 11.8. The lowest BCUT2D eigenvalue weighted by Crippen LogP contribution is -2.35. The van der Waals surface area contributed by atoms with Gasteiger partial charge in [-0.3, -0.25) is 9.63 Å². The SMILES string of the molecule is O=C(O)CONC(=O)C1CCc2ccccc2C1. The Labute approximate surface area is 105 Å². The van der Waals surface area contributed by atoms with Gasteiger partial charge in [-0.1, -0.05) is 24.3 Å². The van der Waals surface area contributed by atoms with E-state index in [0.717, 1.165) is 12.8 Å². The van der Waals surface area contributed by atoms with Gasteiger partial charge in [0.1, 0.15) is 0 Å². The van der Waals surface area contributed by atoms with E-state index in [1.54, 1.807) is 0 Å². The monoisotopic (exact) mass is 249 g/mol. The van der Waals surface area contributed by atoms with Gasteiger partial charge in [0.25, 0.3) is 0 Å². The maximum Gasteiger partial charge on any atom is 0.332 e. The zero-order valence-electron chi connectivity index (χ0n) is 9.89. The number of benzene rings is 1. The summed E-state index contributed by atoms with van der Waals surface area (Å²) in [7, 11) is 0. The highest BCUT2D eigenvalue weighted by Crippen LogP contribution is 2.25. The number of rotatable bonds is 4. The lowest BCUT2D eigenvalue weighted by Gasteiger charge is -2.23. The van der Waals surface area contributed by atoms with E-state index in [-0.39, 0.29) is 11.8 Å². The van der Waals surface area contributed by atoms with Crippen LogP contribution >= 0.6 is 0 Å². The van der Waals surface area contributed by atoms with E-state index in [0.29, 0.717) is 6.42 Å². The van der Waals surface area contributed by atoms with Crippen LogP contribution in [0, 0.1) is 5.92 Å². The van der Waals surface area contributed by atoms with Crippen molar-refractivity contribution in [2.24, 2.45) is 5.92 Å². The molecule has 0 aromatic heterocycles. The number of fused-ring (bicyclic) bond motifs is 1. The van der Waals surface area contributed by atoms with Crippen LogP contribution in [0.1, 0.15) is 17.5 Å². The number of aliphatic carboxylic acids is 1. The van der Waals surface area contributed by atoms with E-state index in [1.807, 2.05) is 18.2 Å². The highest BCUT2D eigenvalue weighted by Gasteiger charge is 2.24. The molecule has 0 fully saturated rings. The molecule has 2 N–H and O–H groups in total. The van der Waals surface area contributed by atoms with Crippen LogP contribution in [0.25, 0.3) is 0 Å². The summed E-state index contributed by atoms with van der Waals surface area (Å²) in [4.78, 5) is 26.6. The molecule has 1 aromatic rings. The summed E-state index contributed by atoms with van der Waals surface area (Å²) in [6.07, 6.45) is 2.31. The van der Waals surface area contributed by atoms with E-state index in [4.69, 9.17) is 5.11 Å². The lowest BCUT2D eigenvalue weighted by molar-refractivity contribution is -0.150.